The fourth-order valence-electron chi connectivity index (χ4n) is 3.09. The van der Waals surface area contributed by atoms with E-state index in [0.717, 1.165) is 29.9 Å². The molecule has 1 saturated heterocycles. The Kier molecular flexibility index (Phi) is 4.22. The number of hydrogen-bond acceptors (Lipinski definition) is 5. The molecule has 26 heavy (non-hydrogen) atoms. The third-order valence-electron chi connectivity index (χ3n) is 4.51. The maximum Gasteiger partial charge on any atom is 0.248 e. The third kappa shape index (κ3) is 3.09. The van der Waals surface area contributed by atoms with Crippen molar-refractivity contribution in [1.82, 2.24) is 9.61 Å². The van der Waals surface area contributed by atoms with E-state index < -0.39 is 5.91 Å². The molecule has 0 aliphatic carbocycles. The van der Waals surface area contributed by atoms with Gasteiger partial charge in [-0.1, -0.05) is 0 Å². The number of pyridine rings is 1. The molecule has 0 saturated carbocycles. The van der Waals surface area contributed by atoms with Crippen LogP contribution in [-0.4, -0.2) is 41.8 Å². The van der Waals surface area contributed by atoms with Crippen LogP contribution in [0.5, 0.6) is 11.5 Å². The average molecular weight is 352 g/mol. The number of fused-ring (bicyclic) bond motifs is 1. The largest absolute Gasteiger partial charge is 0.455 e. The van der Waals surface area contributed by atoms with E-state index in [9.17, 15) is 4.79 Å². The second-order valence-electron chi connectivity index (χ2n) is 6.27. The van der Waals surface area contributed by atoms with Gasteiger partial charge in [0.05, 0.1) is 31.3 Å². The Morgan fingerprint density at radius 2 is 2.00 bits per heavy atom. The van der Waals surface area contributed by atoms with Crippen molar-refractivity contribution >= 4 is 17.1 Å². The van der Waals surface area contributed by atoms with Gasteiger partial charge in [0.15, 0.2) is 5.75 Å². The fraction of sp³-hybridized carbons (Fsp3) is 0.263. The number of carbonyl (C=O) groups is 1. The first-order chi connectivity index (χ1) is 12.6. The summed E-state index contributed by atoms with van der Waals surface area (Å²) in [5, 5.41) is 4.35. The molecule has 3 heterocycles. The van der Waals surface area contributed by atoms with Gasteiger partial charge < -0.3 is 20.1 Å². The second kappa shape index (κ2) is 6.68. The van der Waals surface area contributed by atoms with Crippen molar-refractivity contribution < 1.29 is 14.3 Å². The molecule has 1 aliphatic rings. The molecule has 0 bridgehead atoms. The highest BCUT2D eigenvalue weighted by Gasteiger charge is 2.16. The molecule has 7 nitrogen and oxygen atoms in total. The number of benzene rings is 1. The van der Waals surface area contributed by atoms with Gasteiger partial charge in [0.25, 0.3) is 0 Å². The Bertz CT molecular complexity index is 961. The molecule has 0 unspecified atom stereocenters. The standard InChI is InChI=1S/C19H20N4O3/c1-13-10-14(19(20)24)2-3-17(13)26-18-11-15(22-6-8-25-9-7-22)12-23-16(18)4-5-21-23/h2-5,10-12H,6-9H2,1H3,(H2,20,24). The van der Waals surface area contributed by atoms with Gasteiger partial charge in [-0.15, -0.1) is 0 Å². The number of morpholine rings is 1. The highest BCUT2D eigenvalue weighted by Crippen LogP contribution is 2.32. The maximum atomic E-state index is 11.3. The fourth-order valence-corrected chi connectivity index (χ4v) is 3.09. The van der Waals surface area contributed by atoms with E-state index in [1.807, 2.05) is 29.8 Å². The number of ether oxygens (including phenoxy) is 2. The lowest BCUT2D eigenvalue weighted by Crippen LogP contribution is -2.36. The smallest absolute Gasteiger partial charge is 0.248 e. The van der Waals surface area contributed by atoms with Gasteiger partial charge in [-0.3, -0.25) is 4.79 Å². The Hall–Kier alpha value is -3.06. The first-order valence-corrected chi connectivity index (χ1v) is 8.50. The van der Waals surface area contributed by atoms with Gasteiger partial charge in [0, 0.05) is 24.7 Å². The molecule has 0 radical (unpaired) electrons. The summed E-state index contributed by atoms with van der Waals surface area (Å²) in [6, 6.07) is 9.10. The molecule has 1 fully saturated rings. The second-order valence-corrected chi connectivity index (χ2v) is 6.27. The van der Waals surface area contributed by atoms with Gasteiger partial charge in [-0.2, -0.15) is 5.10 Å². The zero-order valence-electron chi connectivity index (χ0n) is 14.5. The zero-order chi connectivity index (χ0) is 18.1. The molecule has 134 valence electrons. The van der Waals surface area contributed by atoms with Crippen LogP contribution in [0.1, 0.15) is 15.9 Å². The Morgan fingerprint density at radius 3 is 2.73 bits per heavy atom. The number of aromatic nitrogens is 2. The van der Waals surface area contributed by atoms with Crippen molar-refractivity contribution in [3.05, 3.63) is 53.9 Å². The SMILES string of the molecule is Cc1cc(C(N)=O)ccc1Oc1cc(N2CCOCC2)cn2nccc12. The number of anilines is 1. The van der Waals surface area contributed by atoms with Crippen LogP contribution in [0.25, 0.3) is 5.52 Å². The van der Waals surface area contributed by atoms with E-state index in [-0.39, 0.29) is 0 Å². The molecule has 0 atom stereocenters. The molecule has 1 aliphatic heterocycles. The number of primary amides is 1. The van der Waals surface area contributed by atoms with Crippen LogP contribution < -0.4 is 15.4 Å². The summed E-state index contributed by atoms with van der Waals surface area (Å²) >= 11 is 0. The van der Waals surface area contributed by atoms with Crippen molar-refractivity contribution in [1.29, 1.82) is 0 Å². The van der Waals surface area contributed by atoms with Gasteiger partial charge in [-0.25, -0.2) is 4.52 Å². The molecule has 7 heteroatoms. The van der Waals surface area contributed by atoms with Gasteiger partial charge in [0.2, 0.25) is 5.91 Å². The van der Waals surface area contributed by atoms with Gasteiger partial charge in [-0.05, 0) is 36.8 Å². The summed E-state index contributed by atoms with van der Waals surface area (Å²) in [4.78, 5) is 13.6. The molecular formula is C19H20N4O3. The lowest BCUT2D eigenvalue weighted by atomic mass is 10.1. The van der Waals surface area contributed by atoms with Crippen LogP contribution in [0.15, 0.2) is 42.7 Å². The molecular weight excluding hydrogens is 332 g/mol. The molecule has 0 spiro atoms. The van der Waals surface area contributed by atoms with Crippen molar-refractivity contribution in [3.8, 4) is 11.5 Å². The van der Waals surface area contributed by atoms with E-state index in [2.05, 4.69) is 10.00 Å². The first-order valence-electron chi connectivity index (χ1n) is 8.50. The Morgan fingerprint density at radius 1 is 1.19 bits per heavy atom. The quantitative estimate of drug-likeness (QED) is 0.779. The Balaban J connectivity index is 1.71. The monoisotopic (exact) mass is 352 g/mol. The van der Waals surface area contributed by atoms with Crippen LogP contribution in [-0.2, 0) is 4.74 Å². The topological polar surface area (TPSA) is 82.1 Å². The minimum atomic E-state index is -0.452. The molecule has 4 rings (SSSR count). The van der Waals surface area contributed by atoms with Crippen LogP contribution in [0.2, 0.25) is 0 Å². The third-order valence-corrected chi connectivity index (χ3v) is 4.51. The molecule has 2 N–H and O–H groups in total. The average Bonchev–Trinajstić information content (AvgIpc) is 3.13. The van der Waals surface area contributed by atoms with E-state index in [0.29, 0.717) is 30.3 Å². The van der Waals surface area contributed by atoms with Crippen molar-refractivity contribution in [2.45, 2.75) is 6.92 Å². The number of hydrogen-bond donors (Lipinski definition) is 1. The summed E-state index contributed by atoms with van der Waals surface area (Å²) in [5.41, 5.74) is 8.56. The number of nitrogens with two attached hydrogens (primary N) is 1. The number of amides is 1. The molecule has 2 aromatic heterocycles. The normalized spacial score (nSPS) is 14.6. The number of rotatable bonds is 4. The van der Waals surface area contributed by atoms with E-state index in [1.54, 1.807) is 24.4 Å². The highest BCUT2D eigenvalue weighted by molar-refractivity contribution is 5.93. The van der Waals surface area contributed by atoms with E-state index >= 15 is 0 Å². The zero-order valence-corrected chi connectivity index (χ0v) is 14.5. The summed E-state index contributed by atoms with van der Waals surface area (Å²) in [6.45, 7) is 4.97. The summed E-state index contributed by atoms with van der Waals surface area (Å²) < 4.78 is 13.4. The number of carbonyl (C=O) groups excluding carboxylic acids is 1. The van der Waals surface area contributed by atoms with Crippen molar-refractivity contribution in [2.75, 3.05) is 31.2 Å². The van der Waals surface area contributed by atoms with Crippen LogP contribution in [0.4, 0.5) is 5.69 Å². The Labute approximate surface area is 150 Å². The maximum absolute atomic E-state index is 11.3. The number of nitrogens with zero attached hydrogens (tertiary/aromatic N) is 3. The van der Waals surface area contributed by atoms with E-state index in [1.165, 1.54) is 0 Å². The van der Waals surface area contributed by atoms with Crippen LogP contribution in [0.3, 0.4) is 0 Å². The van der Waals surface area contributed by atoms with Crippen molar-refractivity contribution in [2.24, 2.45) is 5.73 Å². The highest BCUT2D eigenvalue weighted by atomic mass is 16.5. The van der Waals surface area contributed by atoms with E-state index in [4.69, 9.17) is 15.2 Å². The summed E-state index contributed by atoms with van der Waals surface area (Å²) in [5.74, 6) is 0.936. The summed E-state index contributed by atoms with van der Waals surface area (Å²) in [7, 11) is 0. The molecule has 1 aromatic carbocycles. The van der Waals surface area contributed by atoms with Gasteiger partial charge >= 0.3 is 0 Å². The minimum Gasteiger partial charge on any atom is -0.455 e. The van der Waals surface area contributed by atoms with Crippen LogP contribution >= 0.6 is 0 Å². The van der Waals surface area contributed by atoms with Gasteiger partial charge in [0.1, 0.15) is 11.3 Å². The molecule has 1 amide bonds. The van der Waals surface area contributed by atoms with Crippen LogP contribution in [0, 0.1) is 6.92 Å². The minimum absolute atomic E-state index is 0.452. The first kappa shape index (κ1) is 16.4. The lowest BCUT2D eigenvalue weighted by Gasteiger charge is -2.29. The molecule has 3 aromatic rings. The lowest BCUT2D eigenvalue weighted by molar-refractivity contribution is 0.1000. The predicted octanol–water partition coefficient (Wildman–Crippen LogP) is 2.37. The summed E-state index contributed by atoms with van der Waals surface area (Å²) in [6.07, 6.45) is 3.74. The number of aryl methyl sites for hydroxylation is 1. The predicted molar refractivity (Wildman–Crippen MR) is 98.0 cm³/mol. The van der Waals surface area contributed by atoms with Crippen molar-refractivity contribution in [3.63, 3.8) is 0 Å².